The first-order valence-corrected chi connectivity index (χ1v) is 4.36. The minimum atomic E-state index is -4.51. The van der Waals surface area contributed by atoms with E-state index in [-0.39, 0.29) is 0 Å². The topological polar surface area (TPSA) is 21.8 Å². The molecule has 1 aliphatic heterocycles. The second-order valence-corrected chi connectivity index (χ2v) is 3.28. The predicted molar refractivity (Wildman–Crippen MR) is 46.1 cm³/mol. The Morgan fingerprint density at radius 1 is 1.27 bits per heavy atom. The molecule has 1 aromatic carbocycles. The minimum Gasteiger partial charge on any atom is -0.344 e. The lowest BCUT2D eigenvalue weighted by Crippen LogP contribution is -2.35. The van der Waals surface area contributed by atoms with Gasteiger partial charge in [0.1, 0.15) is 6.10 Å². The van der Waals surface area contributed by atoms with Crippen LogP contribution in [-0.4, -0.2) is 19.1 Å². The summed E-state index contributed by atoms with van der Waals surface area (Å²) in [5, 5.41) is 0. The van der Waals surface area contributed by atoms with Crippen molar-refractivity contribution < 1.29 is 22.6 Å². The van der Waals surface area contributed by atoms with Crippen molar-refractivity contribution in [3.63, 3.8) is 0 Å². The van der Waals surface area contributed by atoms with E-state index >= 15 is 0 Å². The average Bonchev–Trinajstić information content (AvgIpc) is 2.94. The van der Waals surface area contributed by atoms with E-state index in [1.165, 1.54) is 0 Å². The van der Waals surface area contributed by atoms with E-state index in [1.54, 1.807) is 30.3 Å². The highest BCUT2D eigenvalue weighted by Crippen LogP contribution is 2.58. The Balaban J connectivity index is 2.24. The molecule has 15 heavy (non-hydrogen) atoms. The summed E-state index contributed by atoms with van der Waals surface area (Å²) in [6, 6.07) is 8.21. The molecule has 1 aliphatic rings. The highest BCUT2D eigenvalue weighted by molar-refractivity contribution is 5.25. The first kappa shape index (κ1) is 10.4. The fourth-order valence-corrected chi connectivity index (χ4v) is 1.54. The molecule has 0 aliphatic carbocycles. The Hall–Kier alpha value is -1.07. The van der Waals surface area contributed by atoms with E-state index in [0.29, 0.717) is 5.56 Å². The first-order valence-electron chi connectivity index (χ1n) is 4.36. The van der Waals surface area contributed by atoms with Crippen molar-refractivity contribution in [1.29, 1.82) is 0 Å². The van der Waals surface area contributed by atoms with Crippen LogP contribution in [0.1, 0.15) is 11.7 Å². The van der Waals surface area contributed by atoms with Crippen LogP contribution in [-0.2, 0) is 9.47 Å². The van der Waals surface area contributed by atoms with Crippen LogP contribution in [0.3, 0.4) is 0 Å². The van der Waals surface area contributed by atoms with Crippen LogP contribution in [0.4, 0.5) is 13.2 Å². The zero-order chi connectivity index (χ0) is 11.1. The number of ether oxygens (including phenoxy) is 2. The summed E-state index contributed by atoms with van der Waals surface area (Å²) in [7, 11) is 0.996. The molecule has 1 heterocycles. The third-order valence-electron chi connectivity index (χ3n) is 2.38. The minimum absolute atomic E-state index is 0.469. The molecule has 0 radical (unpaired) electrons. The standard InChI is InChI=1S/C10H9F3O2/c1-14-9(10(11,12)13)8(15-9)7-5-3-2-4-6-7/h2-6,8H,1H3/t8-,9+/m1/s1. The van der Waals surface area contributed by atoms with E-state index in [9.17, 15) is 13.2 Å². The molecule has 0 bridgehead atoms. The molecule has 1 fully saturated rings. The van der Waals surface area contributed by atoms with Crippen molar-refractivity contribution in [2.24, 2.45) is 0 Å². The maximum Gasteiger partial charge on any atom is 0.446 e. The van der Waals surface area contributed by atoms with Gasteiger partial charge in [-0.2, -0.15) is 13.2 Å². The molecule has 1 aromatic rings. The van der Waals surface area contributed by atoms with Gasteiger partial charge in [0.25, 0.3) is 5.79 Å². The average molecular weight is 218 g/mol. The summed E-state index contributed by atoms with van der Waals surface area (Å²) in [6.07, 6.45) is -5.56. The molecule has 0 N–H and O–H groups in total. The van der Waals surface area contributed by atoms with Gasteiger partial charge in [-0.05, 0) is 5.56 Å². The van der Waals surface area contributed by atoms with Gasteiger partial charge in [0, 0.05) is 7.11 Å². The number of halogens is 3. The van der Waals surface area contributed by atoms with E-state index < -0.39 is 18.1 Å². The van der Waals surface area contributed by atoms with Crippen LogP contribution in [0.25, 0.3) is 0 Å². The maximum atomic E-state index is 12.6. The van der Waals surface area contributed by atoms with E-state index in [0.717, 1.165) is 7.11 Å². The molecular formula is C10H9F3O2. The molecule has 0 saturated carbocycles. The molecular weight excluding hydrogens is 209 g/mol. The molecule has 2 nitrogen and oxygen atoms in total. The van der Waals surface area contributed by atoms with Crippen molar-refractivity contribution in [2.75, 3.05) is 7.11 Å². The third-order valence-corrected chi connectivity index (χ3v) is 2.38. The molecule has 82 valence electrons. The lowest BCUT2D eigenvalue weighted by Gasteiger charge is -2.14. The van der Waals surface area contributed by atoms with Crippen LogP contribution in [0.5, 0.6) is 0 Å². The number of hydrogen-bond donors (Lipinski definition) is 0. The van der Waals surface area contributed by atoms with Crippen LogP contribution in [0.2, 0.25) is 0 Å². The molecule has 2 rings (SSSR count). The van der Waals surface area contributed by atoms with Gasteiger partial charge >= 0.3 is 6.18 Å². The summed E-state index contributed by atoms with van der Waals surface area (Å²) in [5.41, 5.74) is 0.469. The van der Waals surface area contributed by atoms with Crippen molar-refractivity contribution >= 4 is 0 Å². The summed E-state index contributed by atoms with van der Waals surface area (Å²) in [5.74, 6) is -2.45. The van der Waals surface area contributed by atoms with Gasteiger partial charge in [-0.15, -0.1) is 0 Å². The highest BCUT2D eigenvalue weighted by atomic mass is 19.4. The zero-order valence-corrected chi connectivity index (χ0v) is 7.91. The van der Waals surface area contributed by atoms with Gasteiger partial charge in [-0.1, -0.05) is 30.3 Å². The van der Waals surface area contributed by atoms with E-state index in [4.69, 9.17) is 0 Å². The van der Waals surface area contributed by atoms with Crippen molar-refractivity contribution in [3.8, 4) is 0 Å². The smallest absolute Gasteiger partial charge is 0.344 e. The molecule has 1 saturated heterocycles. The second-order valence-electron chi connectivity index (χ2n) is 3.28. The van der Waals surface area contributed by atoms with Gasteiger partial charge < -0.3 is 9.47 Å². The summed E-state index contributed by atoms with van der Waals surface area (Å²) in [4.78, 5) is 0. The highest BCUT2D eigenvalue weighted by Gasteiger charge is 2.75. The van der Waals surface area contributed by atoms with Gasteiger partial charge in [0.15, 0.2) is 0 Å². The van der Waals surface area contributed by atoms with Gasteiger partial charge in [0.2, 0.25) is 0 Å². The molecule has 0 aromatic heterocycles. The van der Waals surface area contributed by atoms with Crippen LogP contribution < -0.4 is 0 Å². The fraction of sp³-hybridized carbons (Fsp3) is 0.400. The number of hydrogen-bond acceptors (Lipinski definition) is 2. The molecule has 0 amide bonds. The van der Waals surface area contributed by atoms with Gasteiger partial charge in [-0.25, -0.2) is 0 Å². The van der Waals surface area contributed by atoms with Crippen LogP contribution >= 0.6 is 0 Å². The molecule has 5 heteroatoms. The fourth-order valence-electron chi connectivity index (χ4n) is 1.54. The van der Waals surface area contributed by atoms with Crippen LogP contribution in [0, 0.1) is 0 Å². The Kier molecular flexibility index (Phi) is 2.24. The Morgan fingerprint density at radius 2 is 1.87 bits per heavy atom. The Bertz CT molecular complexity index is 349. The largest absolute Gasteiger partial charge is 0.446 e. The lowest BCUT2D eigenvalue weighted by atomic mass is 10.1. The predicted octanol–water partition coefficient (Wildman–Crippen LogP) is 2.66. The van der Waals surface area contributed by atoms with E-state index in [2.05, 4.69) is 9.47 Å². The number of rotatable bonds is 2. The Labute approximate surface area is 84.6 Å². The third kappa shape index (κ3) is 1.52. The van der Waals surface area contributed by atoms with Gasteiger partial charge in [0.05, 0.1) is 0 Å². The summed E-state index contributed by atoms with van der Waals surface area (Å²) < 4.78 is 46.8. The number of alkyl halides is 3. The SMILES string of the molecule is CO[C@]1(C(F)(F)F)O[C@@H]1c1ccccc1. The lowest BCUT2D eigenvalue weighted by molar-refractivity contribution is -0.263. The number of methoxy groups -OCH3 is 1. The van der Waals surface area contributed by atoms with Gasteiger partial charge in [-0.3, -0.25) is 0 Å². The van der Waals surface area contributed by atoms with Crippen LogP contribution in [0.15, 0.2) is 30.3 Å². The van der Waals surface area contributed by atoms with E-state index in [1.807, 2.05) is 0 Å². The summed E-state index contributed by atoms with van der Waals surface area (Å²) in [6.45, 7) is 0. The van der Waals surface area contributed by atoms with Crippen molar-refractivity contribution in [1.82, 2.24) is 0 Å². The monoisotopic (exact) mass is 218 g/mol. The normalized spacial score (nSPS) is 30.3. The van der Waals surface area contributed by atoms with Crippen molar-refractivity contribution in [2.45, 2.75) is 18.1 Å². The Morgan fingerprint density at radius 3 is 2.27 bits per heavy atom. The summed E-state index contributed by atoms with van der Waals surface area (Å²) >= 11 is 0. The number of benzene rings is 1. The zero-order valence-electron chi connectivity index (χ0n) is 7.91. The molecule has 0 unspecified atom stereocenters. The molecule has 0 spiro atoms. The second kappa shape index (κ2) is 3.21. The number of epoxide rings is 1. The quantitative estimate of drug-likeness (QED) is 0.712. The molecule has 2 atom stereocenters. The van der Waals surface area contributed by atoms with Crippen molar-refractivity contribution in [3.05, 3.63) is 35.9 Å². The maximum absolute atomic E-state index is 12.6. The first-order chi connectivity index (χ1) is 7.01.